The molecule has 2 aliphatic heterocycles. The molecule has 0 radical (unpaired) electrons. The van der Waals surface area contributed by atoms with Gasteiger partial charge in [0.1, 0.15) is 6.04 Å². The second-order valence-electron chi connectivity index (χ2n) is 7.04. The van der Waals surface area contributed by atoms with Gasteiger partial charge >= 0.3 is 0 Å². The highest BCUT2D eigenvalue weighted by Gasteiger charge is 2.52. The summed E-state index contributed by atoms with van der Waals surface area (Å²) in [6.45, 7) is 2.71. The molecule has 0 saturated carbocycles. The Balaban J connectivity index is 1.59. The van der Waals surface area contributed by atoms with E-state index < -0.39 is 24.2 Å². The molecule has 1 aromatic carbocycles. The van der Waals surface area contributed by atoms with Crippen molar-refractivity contribution in [2.75, 3.05) is 40.3 Å². The summed E-state index contributed by atoms with van der Waals surface area (Å²) in [5.41, 5.74) is 0.947. The van der Waals surface area contributed by atoms with Crippen molar-refractivity contribution in [2.45, 2.75) is 24.7 Å². The first-order chi connectivity index (χ1) is 13.0. The zero-order valence-corrected chi connectivity index (χ0v) is 15.7. The molecule has 2 aliphatic rings. The molecule has 2 heterocycles. The molecule has 8 nitrogen and oxygen atoms in total. The summed E-state index contributed by atoms with van der Waals surface area (Å²) in [7, 11) is 3.30. The van der Waals surface area contributed by atoms with E-state index in [0.717, 1.165) is 18.7 Å². The summed E-state index contributed by atoms with van der Waals surface area (Å²) in [6.07, 6.45) is -1.18. The van der Waals surface area contributed by atoms with E-state index in [4.69, 9.17) is 4.74 Å². The van der Waals surface area contributed by atoms with Crippen LogP contribution in [0.3, 0.4) is 0 Å². The Morgan fingerprint density at radius 1 is 1.19 bits per heavy atom. The smallest absolute Gasteiger partial charge is 0.255 e. The minimum atomic E-state index is -0.819. The number of hydrogen-bond acceptors (Lipinski definition) is 5. The van der Waals surface area contributed by atoms with E-state index in [9.17, 15) is 14.4 Å². The topological polar surface area (TPSA) is 94.3 Å². The van der Waals surface area contributed by atoms with Crippen LogP contribution in [-0.2, 0) is 25.5 Å². The molecule has 0 aromatic heterocycles. The first-order valence-electron chi connectivity index (χ1n) is 9.18. The lowest BCUT2D eigenvalue weighted by atomic mass is 10.0. The third kappa shape index (κ3) is 4.84. The van der Waals surface area contributed by atoms with E-state index >= 15 is 0 Å². The SMILES string of the molecule is CN(C)C(=O)[C@H](Cc1ccccc1)NC(=O)[C@H]1O[C@@H]1C(=O)N1CCNCC1. The van der Waals surface area contributed by atoms with E-state index in [2.05, 4.69) is 10.6 Å². The van der Waals surface area contributed by atoms with Crippen LogP contribution in [0.25, 0.3) is 0 Å². The number of nitrogens with zero attached hydrogens (tertiary/aromatic N) is 2. The minimum Gasteiger partial charge on any atom is -0.349 e. The van der Waals surface area contributed by atoms with Crippen molar-refractivity contribution < 1.29 is 19.1 Å². The van der Waals surface area contributed by atoms with Crippen LogP contribution in [0.15, 0.2) is 30.3 Å². The number of hydrogen-bond donors (Lipinski definition) is 2. The van der Waals surface area contributed by atoms with Gasteiger partial charge in [-0.15, -0.1) is 0 Å². The Kier molecular flexibility index (Phi) is 6.08. The molecule has 2 fully saturated rings. The maximum absolute atomic E-state index is 12.5. The summed E-state index contributed by atoms with van der Waals surface area (Å²) in [5.74, 6) is -0.771. The fourth-order valence-electron chi connectivity index (χ4n) is 3.18. The normalized spacial score (nSPS) is 22.7. The molecule has 3 atom stereocenters. The van der Waals surface area contributed by atoms with Crippen molar-refractivity contribution in [1.29, 1.82) is 0 Å². The molecule has 0 bridgehead atoms. The fourth-order valence-corrected chi connectivity index (χ4v) is 3.18. The molecular formula is C19H26N4O4. The number of piperazine rings is 1. The first kappa shape index (κ1) is 19.3. The van der Waals surface area contributed by atoms with Crippen LogP contribution >= 0.6 is 0 Å². The molecular weight excluding hydrogens is 348 g/mol. The first-order valence-corrected chi connectivity index (χ1v) is 9.18. The van der Waals surface area contributed by atoms with Gasteiger partial charge in [-0.2, -0.15) is 0 Å². The molecule has 2 N–H and O–H groups in total. The number of carbonyl (C=O) groups excluding carboxylic acids is 3. The van der Waals surface area contributed by atoms with Gasteiger partial charge < -0.3 is 25.2 Å². The standard InChI is InChI=1S/C19H26N4O4/c1-22(2)18(25)14(12-13-6-4-3-5-7-13)21-17(24)15-16(27-15)19(26)23-10-8-20-9-11-23/h3-7,14-16,20H,8-12H2,1-2H3,(H,21,24)/t14-,15-,16-/m0/s1. The fraction of sp³-hybridized carbons (Fsp3) is 0.526. The number of nitrogens with one attached hydrogen (secondary N) is 2. The highest BCUT2D eigenvalue weighted by Crippen LogP contribution is 2.25. The van der Waals surface area contributed by atoms with Crippen molar-refractivity contribution in [3.8, 4) is 0 Å². The van der Waals surface area contributed by atoms with Crippen LogP contribution in [0.4, 0.5) is 0 Å². The van der Waals surface area contributed by atoms with Crippen LogP contribution in [0.1, 0.15) is 5.56 Å². The van der Waals surface area contributed by atoms with Crippen LogP contribution in [0.5, 0.6) is 0 Å². The van der Waals surface area contributed by atoms with Gasteiger partial charge in [0.05, 0.1) is 0 Å². The van der Waals surface area contributed by atoms with Gasteiger partial charge in [-0.3, -0.25) is 14.4 Å². The van der Waals surface area contributed by atoms with Crippen molar-refractivity contribution in [2.24, 2.45) is 0 Å². The number of ether oxygens (including phenoxy) is 1. The van der Waals surface area contributed by atoms with Crippen molar-refractivity contribution >= 4 is 17.7 Å². The Morgan fingerprint density at radius 3 is 2.48 bits per heavy atom. The molecule has 146 valence electrons. The highest BCUT2D eigenvalue weighted by molar-refractivity contribution is 5.97. The minimum absolute atomic E-state index is 0.157. The average molecular weight is 374 g/mol. The van der Waals surface area contributed by atoms with Gasteiger partial charge in [-0.1, -0.05) is 30.3 Å². The van der Waals surface area contributed by atoms with Crippen LogP contribution < -0.4 is 10.6 Å². The monoisotopic (exact) mass is 374 g/mol. The molecule has 0 unspecified atom stereocenters. The molecule has 8 heteroatoms. The highest BCUT2D eigenvalue weighted by atomic mass is 16.6. The molecule has 0 aliphatic carbocycles. The molecule has 1 aromatic rings. The maximum Gasteiger partial charge on any atom is 0.255 e. The average Bonchev–Trinajstić information content (AvgIpc) is 3.48. The van der Waals surface area contributed by atoms with E-state index in [-0.39, 0.29) is 11.8 Å². The van der Waals surface area contributed by atoms with Crippen LogP contribution in [0.2, 0.25) is 0 Å². The molecule has 3 amide bonds. The molecule has 27 heavy (non-hydrogen) atoms. The summed E-state index contributed by atoms with van der Waals surface area (Å²) in [6, 6.07) is 8.80. The number of benzene rings is 1. The Morgan fingerprint density at radius 2 is 1.85 bits per heavy atom. The number of carbonyl (C=O) groups is 3. The van der Waals surface area contributed by atoms with E-state index in [1.54, 1.807) is 19.0 Å². The second kappa shape index (κ2) is 8.49. The lowest BCUT2D eigenvalue weighted by Crippen LogP contribution is -2.50. The third-order valence-electron chi connectivity index (χ3n) is 4.76. The van der Waals surface area contributed by atoms with E-state index in [1.807, 2.05) is 30.3 Å². The van der Waals surface area contributed by atoms with Crippen molar-refractivity contribution in [1.82, 2.24) is 20.4 Å². The summed E-state index contributed by atoms with van der Waals surface area (Å²) >= 11 is 0. The molecule has 0 spiro atoms. The van der Waals surface area contributed by atoms with Crippen LogP contribution in [-0.4, -0.2) is 86.0 Å². The van der Waals surface area contributed by atoms with E-state index in [0.29, 0.717) is 19.5 Å². The van der Waals surface area contributed by atoms with Crippen molar-refractivity contribution in [3.05, 3.63) is 35.9 Å². The van der Waals surface area contributed by atoms with Crippen LogP contribution in [0, 0.1) is 0 Å². The lowest BCUT2D eigenvalue weighted by molar-refractivity contribution is -0.134. The zero-order valence-electron chi connectivity index (χ0n) is 15.7. The largest absolute Gasteiger partial charge is 0.349 e. The van der Waals surface area contributed by atoms with Gasteiger partial charge in [0, 0.05) is 46.7 Å². The molecule has 2 saturated heterocycles. The van der Waals surface area contributed by atoms with Crippen molar-refractivity contribution in [3.63, 3.8) is 0 Å². The second-order valence-corrected chi connectivity index (χ2v) is 7.04. The summed E-state index contributed by atoms with van der Waals surface area (Å²) < 4.78 is 5.34. The zero-order chi connectivity index (χ0) is 19.4. The number of rotatable bonds is 6. The van der Waals surface area contributed by atoms with Gasteiger partial charge in [0.15, 0.2) is 12.2 Å². The Labute approximate surface area is 158 Å². The molecule has 3 rings (SSSR count). The third-order valence-corrected chi connectivity index (χ3v) is 4.76. The number of likely N-dealkylation sites (N-methyl/N-ethyl adjacent to an activating group) is 1. The number of amides is 3. The van der Waals surface area contributed by atoms with Gasteiger partial charge in [-0.25, -0.2) is 0 Å². The Hall–Kier alpha value is -2.45. The van der Waals surface area contributed by atoms with Gasteiger partial charge in [0.2, 0.25) is 5.91 Å². The summed E-state index contributed by atoms with van der Waals surface area (Å²) in [5, 5.41) is 5.94. The van der Waals surface area contributed by atoms with Gasteiger partial charge in [-0.05, 0) is 5.56 Å². The summed E-state index contributed by atoms with van der Waals surface area (Å²) in [4.78, 5) is 40.6. The van der Waals surface area contributed by atoms with E-state index in [1.165, 1.54) is 4.90 Å². The quantitative estimate of drug-likeness (QED) is 0.623. The maximum atomic E-state index is 12.5. The predicted octanol–water partition coefficient (Wildman–Crippen LogP) is -0.999. The number of epoxide rings is 1. The van der Waals surface area contributed by atoms with Gasteiger partial charge in [0.25, 0.3) is 11.8 Å². The lowest BCUT2D eigenvalue weighted by Gasteiger charge is -2.26. The predicted molar refractivity (Wildman–Crippen MR) is 98.9 cm³/mol. The Bertz CT molecular complexity index is 688.